The molecule has 70 valence electrons. The summed E-state index contributed by atoms with van der Waals surface area (Å²) in [5, 5.41) is 10.0. The van der Waals surface area contributed by atoms with Crippen molar-refractivity contribution in [2.45, 2.75) is 5.38 Å². The van der Waals surface area contributed by atoms with Crippen LogP contribution in [0.25, 0.3) is 0 Å². The lowest BCUT2D eigenvalue weighted by atomic mass is 10.1. The summed E-state index contributed by atoms with van der Waals surface area (Å²) in [5.41, 5.74) is 0.851. The summed E-state index contributed by atoms with van der Waals surface area (Å²) in [6, 6.07) is 6.05. The number of nitrogens with zero attached hydrogens (tertiary/aromatic N) is 1. The third-order valence-electron chi connectivity index (χ3n) is 1.60. The molecule has 0 spiro atoms. The molecule has 0 bridgehead atoms. The molecule has 0 saturated carbocycles. The predicted molar refractivity (Wildman–Crippen MR) is 52.4 cm³/mol. The van der Waals surface area contributed by atoms with Crippen molar-refractivity contribution in [2.24, 2.45) is 0 Å². The van der Waals surface area contributed by atoms with Crippen LogP contribution in [0.4, 0.5) is 5.69 Å². The van der Waals surface area contributed by atoms with Crippen LogP contribution in [0.3, 0.4) is 0 Å². The van der Waals surface area contributed by atoms with Crippen molar-refractivity contribution in [3.05, 3.63) is 39.9 Å². The van der Waals surface area contributed by atoms with E-state index >= 15 is 0 Å². The van der Waals surface area contributed by atoms with Crippen molar-refractivity contribution in [1.82, 2.24) is 0 Å². The van der Waals surface area contributed by atoms with Gasteiger partial charge in [-0.25, -0.2) is 0 Å². The van der Waals surface area contributed by atoms with E-state index in [4.69, 9.17) is 23.2 Å². The van der Waals surface area contributed by atoms with Crippen molar-refractivity contribution < 1.29 is 4.92 Å². The van der Waals surface area contributed by atoms with E-state index in [9.17, 15) is 10.1 Å². The van der Waals surface area contributed by atoms with Gasteiger partial charge < -0.3 is 0 Å². The van der Waals surface area contributed by atoms with Gasteiger partial charge in [0.2, 0.25) is 0 Å². The Bertz CT molecular complexity index is 300. The molecule has 0 fully saturated rings. The topological polar surface area (TPSA) is 43.1 Å². The Morgan fingerprint density at radius 1 is 1.38 bits per heavy atom. The largest absolute Gasteiger partial charge is 0.269 e. The maximum atomic E-state index is 10.3. The Hall–Kier alpha value is -0.800. The fourth-order valence-corrected chi connectivity index (χ4v) is 1.22. The highest BCUT2D eigenvalue weighted by atomic mass is 35.5. The third-order valence-corrected chi connectivity index (χ3v) is 2.47. The molecule has 13 heavy (non-hydrogen) atoms. The zero-order chi connectivity index (χ0) is 9.84. The van der Waals surface area contributed by atoms with Crippen LogP contribution >= 0.6 is 23.2 Å². The second kappa shape index (κ2) is 4.44. The van der Waals surface area contributed by atoms with Crippen molar-refractivity contribution in [1.29, 1.82) is 0 Å². The second-order valence-corrected chi connectivity index (χ2v) is 3.31. The molecule has 1 rings (SSSR count). The van der Waals surface area contributed by atoms with Gasteiger partial charge in [-0.3, -0.25) is 10.1 Å². The van der Waals surface area contributed by atoms with Crippen molar-refractivity contribution in [2.75, 3.05) is 5.88 Å². The molecule has 0 radical (unpaired) electrons. The highest BCUT2D eigenvalue weighted by Crippen LogP contribution is 2.23. The number of rotatable bonds is 3. The van der Waals surface area contributed by atoms with Crippen LogP contribution in [0.1, 0.15) is 10.9 Å². The number of alkyl halides is 2. The number of non-ortho nitro benzene ring substituents is 1. The molecule has 0 aliphatic heterocycles. The molecule has 1 atom stereocenters. The molecule has 0 aliphatic carbocycles. The van der Waals surface area contributed by atoms with E-state index < -0.39 is 4.92 Å². The molecule has 0 aliphatic rings. The van der Waals surface area contributed by atoms with Gasteiger partial charge in [-0.2, -0.15) is 0 Å². The number of benzene rings is 1. The number of hydrogen-bond acceptors (Lipinski definition) is 2. The van der Waals surface area contributed by atoms with Crippen molar-refractivity contribution >= 4 is 28.9 Å². The zero-order valence-electron chi connectivity index (χ0n) is 6.61. The van der Waals surface area contributed by atoms with Crippen LogP contribution in [0.5, 0.6) is 0 Å². The molecule has 1 unspecified atom stereocenters. The standard InChI is InChI=1S/C8H7Cl2NO2/c9-5-8(10)6-1-3-7(4-2-6)11(12)13/h1-4,8H,5H2. The van der Waals surface area contributed by atoms with Gasteiger partial charge in [0.25, 0.3) is 5.69 Å². The number of nitro benzene ring substituents is 1. The Labute approximate surface area is 85.4 Å². The van der Waals surface area contributed by atoms with Crippen LogP contribution in [0.15, 0.2) is 24.3 Å². The highest BCUT2D eigenvalue weighted by Gasteiger charge is 2.08. The van der Waals surface area contributed by atoms with Gasteiger partial charge in [0.1, 0.15) is 0 Å². The molecule has 0 amide bonds. The summed E-state index contributed by atoms with van der Waals surface area (Å²) in [6.45, 7) is 0. The first-order valence-electron chi connectivity index (χ1n) is 3.59. The summed E-state index contributed by atoms with van der Waals surface area (Å²) < 4.78 is 0. The number of halogens is 2. The fraction of sp³-hybridized carbons (Fsp3) is 0.250. The zero-order valence-corrected chi connectivity index (χ0v) is 8.13. The molecular weight excluding hydrogens is 213 g/mol. The average Bonchev–Trinajstić information content (AvgIpc) is 2.17. The Morgan fingerprint density at radius 3 is 2.31 bits per heavy atom. The SMILES string of the molecule is O=[N+]([O-])c1ccc(C(Cl)CCl)cc1. The molecule has 0 saturated heterocycles. The Kier molecular flexibility index (Phi) is 3.51. The lowest BCUT2D eigenvalue weighted by molar-refractivity contribution is -0.384. The van der Waals surface area contributed by atoms with E-state index in [0.29, 0.717) is 5.88 Å². The molecule has 0 heterocycles. The first kappa shape index (κ1) is 10.3. The van der Waals surface area contributed by atoms with E-state index in [2.05, 4.69) is 0 Å². The average molecular weight is 220 g/mol. The summed E-state index contributed by atoms with van der Waals surface area (Å²) >= 11 is 11.3. The van der Waals surface area contributed by atoms with E-state index in [1.807, 2.05) is 0 Å². The second-order valence-electron chi connectivity index (χ2n) is 2.47. The summed E-state index contributed by atoms with van der Waals surface area (Å²) in [7, 11) is 0. The molecule has 3 nitrogen and oxygen atoms in total. The minimum absolute atomic E-state index is 0.0576. The maximum Gasteiger partial charge on any atom is 0.269 e. The molecular formula is C8H7Cl2NO2. The van der Waals surface area contributed by atoms with Gasteiger partial charge in [0.05, 0.1) is 10.3 Å². The quantitative estimate of drug-likeness (QED) is 0.446. The van der Waals surface area contributed by atoms with Crippen LogP contribution in [0, 0.1) is 10.1 Å². The van der Waals surface area contributed by atoms with E-state index in [-0.39, 0.29) is 11.1 Å². The van der Waals surface area contributed by atoms with Crippen molar-refractivity contribution in [3.8, 4) is 0 Å². The molecule has 1 aromatic carbocycles. The van der Waals surface area contributed by atoms with Gasteiger partial charge in [-0.1, -0.05) is 12.1 Å². The maximum absolute atomic E-state index is 10.3. The normalized spacial score (nSPS) is 12.5. The summed E-state index contributed by atoms with van der Waals surface area (Å²) in [4.78, 5) is 9.85. The smallest absolute Gasteiger partial charge is 0.258 e. The summed E-state index contributed by atoms with van der Waals surface area (Å²) in [6.07, 6.45) is 0. The van der Waals surface area contributed by atoms with Crippen LogP contribution in [-0.4, -0.2) is 10.8 Å². The van der Waals surface area contributed by atoms with E-state index in [1.165, 1.54) is 12.1 Å². The van der Waals surface area contributed by atoms with Gasteiger partial charge in [0, 0.05) is 18.0 Å². The first-order valence-corrected chi connectivity index (χ1v) is 4.56. The van der Waals surface area contributed by atoms with Crippen LogP contribution < -0.4 is 0 Å². The van der Waals surface area contributed by atoms with E-state index in [1.54, 1.807) is 12.1 Å². The van der Waals surface area contributed by atoms with Crippen LogP contribution in [0.2, 0.25) is 0 Å². The van der Waals surface area contributed by atoms with Gasteiger partial charge in [-0.05, 0) is 5.56 Å². The van der Waals surface area contributed by atoms with Crippen molar-refractivity contribution in [3.63, 3.8) is 0 Å². The van der Waals surface area contributed by atoms with Gasteiger partial charge >= 0.3 is 0 Å². The Balaban J connectivity index is 2.87. The third kappa shape index (κ3) is 2.57. The van der Waals surface area contributed by atoms with Crippen LogP contribution in [-0.2, 0) is 0 Å². The van der Waals surface area contributed by atoms with E-state index in [0.717, 1.165) is 5.56 Å². The molecule has 0 aromatic heterocycles. The molecule has 5 heteroatoms. The molecule has 1 aromatic rings. The summed E-state index contributed by atoms with van der Waals surface area (Å²) in [5.74, 6) is 0.291. The fourth-order valence-electron chi connectivity index (χ4n) is 0.894. The lowest BCUT2D eigenvalue weighted by Gasteiger charge is -2.03. The number of nitro groups is 1. The predicted octanol–water partition coefficient (Wildman–Crippen LogP) is 3.11. The minimum Gasteiger partial charge on any atom is -0.258 e. The Morgan fingerprint density at radius 2 is 1.92 bits per heavy atom. The lowest BCUT2D eigenvalue weighted by Crippen LogP contribution is -1.92. The highest BCUT2D eigenvalue weighted by molar-refractivity contribution is 6.28. The number of hydrogen-bond donors (Lipinski definition) is 0. The first-order chi connectivity index (χ1) is 6.15. The minimum atomic E-state index is -0.451. The van der Waals surface area contributed by atoms with Gasteiger partial charge in [-0.15, -0.1) is 23.2 Å². The molecule has 0 N–H and O–H groups in total. The monoisotopic (exact) mass is 219 g/mol. The van der Waals surface area contributed by atoms with Gasteiger partial charge in [0.15, 0.2) is 0 Å².